The Morgan fingerprint density at radius 2 is 1.71 bits per heavy atom. The molecule has 0 saturated carbocycles. The maximum absolute atomic E-state index is 13.2. The van der Waals surface area contributed by atoms with Gasteiger partial charge >= 0.3 is 0 Å². The Labute approximate surface area is 141 Å². The van der Waals surface area contributed by atoms with Crippen LogP contribution in [0.25, 0.3) is 0 Å². The van der Waals surface area contributed by atoms with Crippen LogP contribution in [-0.4, -0.2) is 34.0 Å². The predicted molar refractivity (Wildman–Crippen MR) is 89.3 cm³/mol. The minimum atomic E-state index is -3.73. The van der Waals surface area contributed by atoms with Crippen LogP contribution in [0.4, 0.5) is 4.39 Å². The molecule has 0 atom stereocenters. The lowest BCUT2D eigenvalue weighted by molar-refractivity contribution is 0.354. The molecule has 0 bridgehead atoms. The van der Waals surface area contributed by atoms with E-state index in [1.54, 1.807) is 25.1 Å². The lowest BCUT2D eigenvalue weighted by Crippen LogP contribution is -2.27. The SMILES string of the molecule is COc1ccc(CN(C)S(=O)(=O)c2ccc(F)cc2C)cc1OC. The summed E-state index contributed by atoms with van der Waals surface area (Å²) in [5.74, 6) is 0.633. The van der Waals surface area contributed by atoms with Gasteiger partial charge in [-0.25, -0.2) is 12.8 Å². The van der Waals surface area contributed by atoms with Crippen LogP contribution in [0.1, 0.15) is 11.1 Å². The van der Waals surface area contributed by atoms with E-state index in [9.17, 15) is 12.8 Å². The maximum atomic E-state index is 13.2. The molecule has 2 aromatic carbocycles. The minimum Gasteiger partial charge on any atom is -0.493 e. The molecule has 0 aromatic heterocycles. The number of halogens is 1. The van der Waals surface area contributed by atoms with Gasteiger partial charge in [-0.05, 0) is 48.4 Å². The molecule has 0 saturated heterocycles. The van der Waals surface area contributed by atoms with Crippen molar-refractivity contribution in [3.05, 3.63) is 53.3 Å². The molecule has 0 N–H and O–H groups in total. The van der Waals surface area contributed by atoms with Crippen LogP contribution in [-0.2, 0) is 16.6 Å². The molecule has 0 fully saturated rings. The molecule has 24 heavy (non-hydrogen) atoms. The van der Waals surface area contributed by atoms with E-state index in [1.165, 1.54) is 37.7 Å². The van der Waals surface area contributed by atoms with E-state index < -0.39 is 15.8 Å². The number of aryl methyl sites for hydroxylation is 1. The van der Waals surface area contributed by atoms with Crippen LogP contribution in [0.15, 0.2) is 41.3 Å². The van der Waals surface area contributed by atoms with Crippen LogP contribution >= 0.6 is 0 Å². The van der Waals surface area contributed by atoms with Crippen molar-refractivity contribution in [2.24, 2.45) is 0 Å². The minimum absolute atomic E-state index is 0.0897. The first-order valence-electron chi connectivity index (χ1n) is 7.23. The van der Waals surface area contributed by atoms with Crippen LogP contribution in [0.3, 0.4) is 0 Å². The van der Waals surface area contributed by atoms with Crippen molar-refractivity contribution in [1.82, 2.24) is 4.31 Å². The smallest absolute Gasteiger partial charge is 0.243 e. The van der Waals surface area contributed by atoms with Gasteiger partial charge in [-0.15, -0.1) is 0 Å². The highest BCUT2D eigenvalue weighted by Crippen LogP contribution is 2.29. The van der Waals surface area contributed by atoms with E-state index in [4.69, 9.17) is 9.47 Å². The van der Waals surface area contributed by atoms with E-state index >= 15 is 0 Å². The van der Waals surface area contributed by atoms with Gasteiger partial charge in [-0.3, -0.25) is 0 Å². The summed E-state index contributed by atoms with van der Waals surface area (Å²) in [7, 11) is 0.807. The zero-order valence-corrected chi connectivity index (χ0v) is 14.9. The van der Waals surface area contributed by atoms with Gasteiger partial charge in [0.1, 0.15) is 5.82 Å². The lowest BCUT2D eigenvalue weighted by atomic mass is 10.2. The maximum Gasteiger partial charge on any atom is 0.243 e. The average Bonchev–Trinajstić information content (AvgIpc) is 2.54. The van der Waals surface area contributed by atoms with Crippen molar-refractivity contribution < 1.29 is 22.3 Å². The van der Waals surface area contributed by atoms with E-state index in [2.05, 4.69) is 0 Å². The molecule has 0 aliphatic rings. The van der Waals surface area contributed by atoms with Crippen molar-refractivity contribution in [1.29, 1.82) is 0 Å². The van der Waals surface area contributed by atoms with Gasteiger partial charge < -0.3 is 9.47 Å². The molecule has 0 amide bonds. The Bertz CT molecular complexity index is 836. The van der Waals surface area contributed by atoms with E-state index in [0.29, 0.717) is 17.1 Å². The van der Waals surface area contributed by atoms with Gasteiger partial charge in [-0.2, -0.15) is 4.31 Å². The van der Waals surface area contributed by atoms with Crippen molar-refractivity contribution >= 4 is 10.0 Å². The molecule has 5 nitrogen and oxygen atoms in total. The average molecular weight is 353 g/mol. The third kappa shape index (κ3) is 3.68. The zero-order chi connectivity index (χ0) is 17.9. The third-order valence-corrected chi connectivity index (χ3v) is 5.64. The molecule has 2 rings (SSSR count). The summed E-state index contributed by atoms with van der Waals surface area (Å²) in [5, 5.41) is 0. The van der Waals surface area contributed by atoms with E-state index in [1.807, 2.05) is 0 Å². The van der Waals surface area contributed by atoms with Gasteiger partial charge in [0.25, 0.3) is 0 Å². The number of methoxy groups -OCH3 is 2. The number of hydrogen-bond acceptors (Lipinski definition) is 4. The first-order chi connectivity index (χ1) is 11.3. The highest BCUT2D eigenvalue weighted by atomic mass is 32.2. The first kappa shape index (κ1) is 18.2. The standard InChI is InChI=1S/C17H20FNO4S/c1-12-9-14(18)6-8-17(12)24(20,21)19(2)11-13-5-7-15(22-3)16(10-13)23-4/h5-10H,11H2,1-4H3. The highest BCUT2D eigenvalue weighted by Gasteiger charge is 2.23. The molecule has 0 spiro atoms. The van der Waals surface area contributed by atoms with Crippen molar-refractivity contribution in [2.75, 3.05) is 21.3 Å². The molecule has 0 radical (unpaired) electrons. The number of sulfonamides is 1. The Hall–Kier alpha value is -2.12. The van der Waals surface area contributed by atoms with E-state index in [-0.39, 0.29) is 11.4 Å². The zero-order valence-electron chi connectivity index (χ0n) is 14.0. The third-order valence-electron chi connectivity index (χ3n) is 3.68. The summed E-state index contributed by atoms with van der Waals surface area (Å²) in [4.78, 5) is 0.0897. The number of benzene rings is 2. The lowest BCUT2D eigenvalue weighted by Gasteiger charge is -2.19. The molecular weight excluding hydrogens is 333 g/mol. The van der Waals surface area contributed by atoms with Crippen LogP contribution in [0.5, 0.6) is 11.5 Å². The first-order valence-corrected chi connectivity index (χ1v) is 8.67. The van der Waals surface area contributed by atoms with Gasteiger partial charge in [-0.1, -0.05) is 6.07 Å². The number of hydrogen-bond donors (Lipinski definition) is 0. The van der Waals surface area contributed by atoms with Crippen molar-refractivity contribution in [3.63, 3.8) is 0 Å². The largest absolute Gasteiger partial charge is 0.493 e. The summed E-state index contributed by atoms with van der Waals surface area (Å²) >= 11 is 0. The van der Waals surface area contributed by atoms with Gasteiger partial charge in [0.2, 0.25) is 10.0 Å². The fourth-order valence-electron chi connectivity index (χ4n) is 2.39. The normalized spacial score (nSPS) is 11.6. The topological polar surface area (TPSA) is 55.8 Å². The molecule has 130 valence electrons. The molecular formula is C17H20FNO4S. The van der Waals surface area contributed by atoms with Crippen LogP contribution in [0, 0.1) is 12.7 Å². The fraction of sp³-hybridized carbons (Fsp3) is 0.294. The number of nitrogens with zero attached hydrogens (tertiary/aromatic N) is 1. The molecule has 7 heteroatoms. The van der Waals surface area contributed by atoms with Crippen molar-refractivity contribution in [2.45, 2.75) is 18.4 Å². The summed E-state index contributed by atoms with van der Waals surface area (Å²) in [6.45, 7) is 1.72. The predicted octanol–water partition coefficient (Wildman–Crippen LogP) is 2.97. The Morgan fingerprint density at radius 1 is 1.04 bits per heavy atom. The Balaban J connectivity index is 2.29. The fourth-order valence-corrected chi connectivity index (χ4v) is 3.75. The van der Waals surface area contributed by atoms with Crippen molar-refractivity contribution in [3.8, 4) is 11.5 Å². The van der Waals surface area contributed by atoms with E-state index in [0.717, 1.165) is 11.6 Å². The summed E-state index contributed by atoms with van der Waals surface area (Å²) in [5.41, 5.74) is 1.12. The second-order valence-electron chi connectivity index (χ2n) is 5.36. The van der Waals surface area contributed by atoms with Gasteiger partial charge in [0.15, 0.2) is 11.5 Å². The molecule has 0 aliphatic carbocycles. The number of ether oxygens (including phenoxy) is 2. The van der Waals surface area contributed by atoms with Crippen LogP contribution in [0.2, 0.25) is 0 Å². The Morgan fingerprint density at radius 3 is 2.29 bits per heavy atom. The Kier molecular flexibility index (Phi) is 5.46. The number of rotatable bonds is 6. The molecule has 0 unspecified atom stereocenters. The second kappa shape index (κ2) is 7.19. The quantitative estimate of drug-likeness (QED) is 0.801. The molecule has 2 aromatic rings. The summed E-state index contributed by atoms with van der Waals surface area (Å²) in [6, 6.07) is 8.84. The van der Waals surface area contributed by atoms with Gasteiger partial charge in [0.05, 0.1) is 19.1 Å². The second-order valence-corrected chi connectivity index (χ2v) is 7.37. The van der Waals surface area contributed by atoms with Gasteiger partial charge in [0, 0.05) is 13.6 Å². The van der Waals surface area contributed by atoms with Crippen LogP contribution < -0.4 is 9.47 Å². The molecule has 0 aliphatic heterocycles. The summed E-state index contributed by atoms with van der Waals surface area (Å²) < 4.78 is 50.2. The molecule has 0 heterocycles. The summed E-state index contributed by atoms with van der Waals surface area (Å²) in [6.07, 6.45) is 0. The highest BCUT2D eigenvalue weighted by molar-refractivity contribution is 7.89. The monoisotopic (exact) mass is 353 g/mol.